The zero-order chi connectivity index (χ0) is 15.2. The second kappa shape index (κ2) is 7.21. The number of hydrogen-bond acceptors (Lipinski definition) is 6. The molecule has 0 aromatic carbocycles. The third-order valence-electron chi connectivity index (χ3n) is 3.76. The Kier molecular flexibility index (Phi) is 5.32. The minimum absolute atomic E-state index is 0.0429. The van der Waals surface area contributed by atoms with E-state index in [2.05, 4.69) is 10.3 Å². The Morgan fingerprint density at radius 2 is 2.38 bits per heavy atom. The zero-order valence-electron chi connectivity index (χ0n) is 12.3. The smallest absolute Gasteiger partial charge is 0.311 e. The molecule has 1 aromatic heterocycles. The Morgan fingerprint density at radius 1 is 1.57 bits per heavy atom. The quantitative estimate of drug-likeness (QED) is 0.616. The van der Waals surface area contributed by atoms with Crippen molar-refractivity contribution in [2.45, 2.75) is 26.2 Å². The van der Waals surface area contributed by atoms with Crippen molar-refractivity contribution >= 4 is 17.3 Å². The van der Waals surface area contributed by atoms with E-state index in [0.717, 1.165) is 32.4 Å². The van der Waals surface area contributed by atoms with E-state index in [1.807, 2.05) is 11.8 Å². The van der Waals surface area contributed by atoms with Crippen LogP contribution in [-0.2, 0) is 0 Å². The molecule has 1 aliphatic heterocycles. The highest BCUT2D eigenvalue weighted by molar-refractivity contribution is 5.62. The summed E-state index contributed by atoms with van der Waals surface area (Å²) < 4.78 is 0. The molecule has 21 heavy (non-hydrogen) atoms. The van der Waals surface area contributed by atoms with Crippen molar-refractivity contribution in [2.75, 3.05) is 36.5 Å². The topological polar surface area (TPSA) is 91.5 Å². The molecule has 7 nitrogen and oxygen atoms in total. The van der Waals surface area contributed by atoms with Crippen LogP contribution >= 0.6 is 0 Å². The number of piperidine rings is 1. The van der Waals surface area contributed by atoms with Crippen molar-refractivity contribution in [3.63, 3.8) is 0 Å². The highest BCUT2D eigenvalue weighted by Gasteiger charge is 2.26. The number of pyridine rings is 1. The van der Waals surface area contributed by atoms with Crippen LogP contribution in [0.25, 0.3) is 0 Å². The molecule has 1 fully saturated rings. The first-order valence-corrected chi connectivity index (χ1v) is 7.40. The van der Waals surface area contributed by atoms with Crippen LogP contribution in [0.5, 0.6) is 0 Å². The minimum Gasteiger partial charge on any atom is -0.396 e. The lowest BCUT2D eigenvalue weighted by molar-refractivity contribution is -0.384. The summed E-state index contributed by atoms with van der Waals surface area (Å²) >= 11 is 0. The molecule has 1 atom stereocenters. The van der Waals surface area contributed by atoms with Crippen molar-refractivity contribution in [1.82, 2.24) is 4.98 Å². The zero-order valence-corrected chi connectivity index (χ0v) is 12.3. The second-order valence-corrected chi connectivity index (χ2v) is 5.29. The fraction of sp³-hybridized carbons (Fsp3) is 0.643. The summed E-state index contributed by atoms with van der Waals surface area (Å²) in [5, 5.41) is 23.4. The van der Waals surface area contributed by atoms with E-state index < -0.39 is 0 Å². The third kappa shape index (κ3) is 3.81. The third-order valence-corrected chi connectivity index (χ3v) is 3.76. The van der Waals surface area contributed by atoms with Gasteiger partial charge in [0.05, 0.1) is 4.92 Å². The van der Waals surface area contributed by atoms with Crippen molar-refractivity contribution in [2.24, 2.45) is 5.92 Å². The van der Waals surface area contributed by atoms with Crippen LogP contribution < -0.4 is 10.2 Å². The fourth-order valence-electron chi connectivity index (χ4n) is 2.77. The van der Waals surface area contributed by atoms with Crippen molar-refractivity contribution in [3.8, 4) is 0 Å². The SMILES string of the molecule is CCNc1ccc([N+](=O)[O-])c(N2CCCC(CCO)C2)n1. The standard InChI is InChI=1S/C14H22N4O3/c1-2-15-13-6-5-12(18(20)21)14(16-13)17-8-3-4-11(10-17)7-9-19/h5-6,11,19H,2-4,7-10H2,1H3,(H,15,16). The first-order valence-electron chi connectivity index (χ1n) is 7.40. The van der Waals surface area contributed by atoms with Crippen LogP contribution in [-0.4, -0.2) is 41.3 Å². The lowest BCUT2D eigenvalue weighted by atomic mass is 9.95. The van der Waals surface area contributed by atoms with Crippen LogP contribution in [0.4, 0.5) is 17.3 Å². The first-order chi connectivity index (χ1) is 10.2. The molecule has 1 aromatic rings. The number of aromatic nitrogens is 1. The first kappa shape index (κ1) is 15.5. The Labute approximate surface area is 124 Å². The van der Waals surface area contributed by atoms with E-state index in [1.54, 1.807) is 6.07 Å². The molecule has 1 saturated heterocycles. The summed E-state index contributed by atoms with van der Waals surface area (Å²) in [6.07, 6.45) is 2.75. The Morgan fingerprint density at radius 3 is 3.05 bits per heavy atom. The van der Waals surface area contributed by atoms with Gasteiger partial charge < -0.3 is 15.3 Å². The summed E-state index contributed by atoms with van der Waals surface area (Å²) in [5.74, 6) is 1.46. The number of rotatable bonds is 6. The van der Waals surface area contributed by atoms with E-state index in [-0.39, 0.29) is 17.2 Å². The number of nitrogens with one attached hydrogen (secondary N) is 1. The molecule has 2 rings (SSSR count). The van der Waals surface area contributed by atoms with E-state index in [1.165, 1.54) is 6.07 Å². The molecule has 7 heteroatoms. The van der Waals surface area contributed by atoms with Gasteiger partial charge >= 0.3 is 5.69 Å². The summed E-state index contributed by atoms with van der Waals surface area (Å²) in [4.78, 5) is 17.2. The van der Waals surface area contributed by atoms with Crippen LogP contribution in [0.2, 0.25) is 0 Å². The molecular formula is C14H22N4O3. The lowest BCUT2D eigenvalue weighted by Crippen LogP contribution is -2.36. The molecule has 0 radical (unpaired) electrons. The van der Waals surface area contributed by atoms with Crippen molar-refractivity contribution < 1.29 is 10.0 Å². The van der Waals surface area contributed by atoms with Gasteiger partial charge in [0.25, 0.3) is 0 Å². The number of aliphatic hydroxyl groups excluding tert-OH is 1. The minimum atomic E-state index is -0.381. The van der Waals surface area contributed by atoms with Gasteiger partial charge in [0, 0.05) is 32.3 Å². The largest absolute Gasteiger partial charge is 0.396 e. The molecule has 2 heterocycles. The maximum absolute atomic E-state index is 11.2. The monoisotopic (exact) mass is 294 g/mol. The van der Waals surface area contributed by atoms with Crippen LogP contribution in [0, 0.1) is 16.0 Å². The van der Waals surface area contributed by atoms with Crippen LogP contribution in [0.15, 0.2) is 12.1 Å². The van der Waals surface area contributed by atoms with Gasteiger partial charge in [-0.2, -0.15) is 0 Å². The van der Waals surface area contributed by atoms with Gasteiger partial charge in [0.1, 0.15) is 5.82 Å². The average Bonchev–Trinajstić information content (AvgIpc) is 2.48. The number of anilines is 2. The molecule has 0 amide bonds. The Bertz CT molecular complexity index is 493. The summed E-state index contributed by atoms with van der Waals surface area (Å²) in [7, 11) is 0. The van der Waals surface area contributed by atoms with Crippen molar-refractivity contribution in [3.05, 3.63) is 22.2 Å². The predicted molar refractivity (Wildman–Crippen MR) is 81.7 cm³/mol. The molecule has 0 bridgehead atoms. The normalized spacial score (nSPS) is 18.6. The highest BCUT2D eigenvalue weighted by Crippen LogP contribution is 2.31. The van der Waals surface area contributed by atoms with E-state index >= 15 is 0 Å². The number of nitrogens with zero attached hydrogens (tertiary/aromatic N) is 3. The molecule has 1 unspecified atom stereocenters. The molecule has 2 N–H and O–H groups in total. The molecule has 0 aliphatic carbocycles. The Hall–Kier alpha value is -1.89. The van der Waals surface area contributed by atoms with Crippen LogP contribution in [0.3, 0.4) is 0 Å². The summed E-state index contributed by atoms with van der Waals surface area (Å²) in [6.45, 7) is 4.32. The molecular weight excluding hydrogens is 272 g/mol. The van der Waals surface area contributed by atoms with E-state index in [0.29, 0.717) is 24.1 Å². The molecule has 1 aliphatic rings. The predicted octanol–water partition coefficient (Wildman–Crippen LogP) is 2.02. The molecule has 116 valence electrons. The van der Waals surface area contributed by atoms with Crippen molar-refractivity contribution in [1.29, 1.82) is 0 Å². The van der Waals surface area contributed by atoms with Gasteiger partial charge in [0.15, 0.2) is 0 Å². The highest BCUT2D eigenvalue weighted by atomic mass is 16.6. The van der Waals surface area contributed by atoms with E-state index in [4.69, 9.17) is 5.11 Å². The van der Waals surface area contributed by atoms with Gasteiger partial charge in [-0.25, -0.2) is 4.98 Å². The van der Waals surface area contributed by atoms with Gasteiger partial charge in [-0.1, -0.05) is 0 Å². The number of nitro groups is 1. The summed E-state index contributed by atoms with van der Waals surface area (Å²) in [6, 6.07) is 3.15. The van der Waals surface area contributed by atoms with E-state index in [9.17, 15) is 10.1 Å². The van der Waals surface area contributed by atoms with Gasteiger partial charge in [-0.05, 0) is 38.2 Å². The molecule has 0 saturated carbocycles. The maximum atomic E-state index is 11.2. The van der Waals surface area contributed by atoms with Gasteiger partial charge in [0.2, 0.25) is 5.82 Å². The second-order valence-electron chi connectivity index (χ2n) is 5.29. The number of aliphatic hydroxyl groups is 1. The van der Waals surface area contributed by atoms with Crippen LogP contribution in [0.1, 0.15) is 26.2 Å². The Balaban J connectivity index is 2.26. The maximum Gasteiger partial charge on any atom is 0.311 e. The van der Waals surface area contributed by atoms with Gasteiger partial charge in [-0.15, -0.1) is 0 Å². The molecule has 0 spiro atoms. The summed E-state index contributed by atoms with van der Waals surface area (Å²) in [5.41, 5.74) is 0.0429. The van der Waals surface area contributed by atoms with Gasteiger partial charge in [-0.3, -0.25) is 10.1 Å². The lowest BCUT2D eigenvalue weighted by Gasteiger charge is -2.33. The number of hydrogen-bond donors (Lipinski definition) is 2. The fourth-order valence-corrected chi connectivity index (χ4v) is 2.77. The average molecular weight is 294 g/mol.